The Labute approximate surface area is 424 Å². The van der Waals surface area contributed by atoms with Crippen LogP contribution in [0.25, 0.3) is 21.5 Å². The third-order valence-electron chi connectivity index (χ3n) is 17.2. The number of carbonyl (C=O) groups is 1. The standard InChI is InChI=1S/C59H78O13/c1-35-29-49(70-59(32-35)50(61)20-19-43(69-59)33-56(6,64)55(63)65-34-46-44-15-9-7-13-40(44)31-41-14-8-10-16-45(41)46)36(2)17-18-42-22-26-58(68-42)27-23-48-54(72-58)51(62)39(5)53(67-48)47(60)30-38(4)52-37(3)21-25-57(71-52)24-11-12-28-66-57/h7-10,13-18,31-32,36-38,42-43,47-54,60-62,64H,5,11-12,19-30,33-34H2,1-4,6H3/b18-17+. The Morgan fingerprint density at radius 1 is 0.903 bits per heavy atom. The highest BCUT2D eigenvalue weighted by Gasteiger charge is 2.55. The lowest BCUT2D eigenvalue weighted by atomic mass is 9.79. The molecule has 3 spiro atoms. The predicted octanol–water partition coefficient (Wildman–Crippen LogP) is 9.18. The number of fused-ring (bicyclic) bond motifs is 3. The zero-order valence-corrected chi connectivity index (χ0v) is 42.9. The molecular weight excluding hydrogens is 917 g/mol. The lowest BCUT2D eigenvalue weighted by Crippen LogP contribution is -2.60. The highest BCUT2D eigenvalue weighted by molar-refractivity contribution is 6.02. The maximum atomic E-state index is 13.6. The molecule has 0 bridgehead atoms. The summed E-state index contributed by atoms with van der Waals surface area (Å²) in [6.45, 7) is 14.8. The summed E-state index contributed by atoms with van der Waals surface area (Å²) in [7, 11) is 0. The lowest BCUT2D eigenvalue weighted by molar-refractivity contribution is -0.321. The largest absolute Gasteiger partial charge is 0.459 e. The Bertz CT molecular complexity index is 2440. The highest BCUT2D eigenvalue weighted by Crippen LogP contribution is 2.48. The summed E-state index contributed by atoms with van der Waals surface area (Å²) >= 11 is 0. The normalized spacial score (nSPS) is 38.5. The molecule has 0 aliphatic carbocycles. The average Bonchev–Trinajstić information content (AvgIpc) is 3.76. The van der Waals surface area contributed by atoms with Crippen LogP contribution < -0.4 is 0 Å². The van der Waals surface area contributed by atoms with Crippen molar-refractivity contribution in [2.24, 2.45) is 17.8 Å². The van der Waals surface area contributed by atoms with Crippen molar-refractivity contribution in [3.8, 4) is 0 Å². The summed E-state index contributed by atoms with van der Waals surface area (Å²) in [5.74, 6) is -3.30. The van der Waals surface area contributed by atoms with Crippen LogP contribution in [-0.4, -0.2) is 117 Å². The summed E-state index contributed by atoms with van der Waals surface area (Å²) in [5, 5.41) is 50.5. The second-order valence-corrected chi connectivity index (χ2v) is 22.9. The minimum atomic E-state index is -1.86. The molecule has 10 rings (SSSR count). The summed E-state index contributed by atoms with van der Waals surface area (Å²) < 4.78 is 51.9. The van der Waals surface area contributed by atoms with Gasteiger partial charge < -0.3 is 58.3 Å². The first-order chi connectivity index (χ1) is 34.4. The van der Waals surface area contributed by atoms with Crippen molar-refractivity contribution in [3.05, 3.63) is 96.1 Å². The van der Waals surface area contributed by atoms with Crippen molar-refractivity contribution in [3.63, 3.8) is 0 Å². The van der Waals surface area contributed by atoms with Gasteiger partial charge in [0.2, 0.25) is 5.79 Å². The smallest absolute Gasteiger partial charge is 0.338 e. The zero-order chi connectivity index (χ0) is 50.6. The van der Waals surface area contributed by atoms with Crippen molar-refractivity contribution in [1.82, 2.24) is 0 Å². The van der Waals surface area contributed by atoms with Gasteiger partial charge in [0.25, 0.3) is 0 Å². The van der Waals surface area contributed by atoms with E-state index in [1.165, 1.54) is 6.92 Å². The van der Waals surface area contributed by atoms with E-state index in [0.717, 1.165) is 77.8 Å². The van der Waals surface area contributed by atoms with Gasteiger partial charge in [-0.15, -0.1) is 0 Å². The highest BCUT2D eigenvalue weighted by atomic mass is 16.7. The Hall–Kier alpha value is -3.57. The molecule has 17 atom stereocenters. The fourth-order valence-electron chi connectivity index (χ4n) is 13.1. The molecule has 7 heterocycles. The predicted molar refractivity (Wildman–Crippen MR) is 271 cm³/mol. The van der Waals surface area contributed by atoms with E-state index in [9.17, 15) is 25.2 Å². The number of carbonyl (C=O) groups excluding carboxylic acids is 1. The summed E-state index contributed by atoms with van der Waals surface area (Å²) in [5.41, 5.74) is 0.446. The third kappa shape index (κ3) is 10.5. The number of rotatable bonds is 12. The van der Waals surface area contributed by atoms with E-state index in [-0.39, 0.29) is 43.2 Å². The SMILES string of the molecule is C=C1C(O)C2OC3(CCC(/C=C/C(C)C4CC(C)=CC5(OC(CC(C)(O)C(=O)OCc6c7ccccc7cc7ccccc67)CCC5O)O4)O3)CCC2OC1C(O)CC(C)C1OC2(CCCCO2)CCC1C. The van der Waals surface area contributed by atoms with Gasteiger partial charge in [0.05, 0.1) is 43.2 Å². The maximum Gasteiger partial charge on any atom is 0.338 e. The first kappa shape index (κ1) is 51.9. The van der Waals surface area contributed by atoms with Crippen LogP contribution in [0.3, 0.4) is 0 Å². The molecule has 3 aromatic rings. The molecule has 13 nitrogen and oxygen atoms in total. The molecule has 0 saturated carbocycles. The molecule has 392 valence electrons. The number of esters is 1. The van der Waals surface area contributed by atoms with Crippen LogP contribution in [0.2, 0.25) is 0 Å². The van der Waals surface area contributed by atoms with Gasteiger partial charge >= 0.3 is 5.97 Å². The first-order valence-electron chi connectivity index (χ1n) is 27.0. The Balaban J connectivity index is 0.720. The van der Waals surface area contributed by atoms with E-state index >= 15 is 0 Å². The Morgan fingerprint density at radius 2 is 1.62 bits per heavy atom. The van der Waals surface area contributed by atoms with Crippen LogP contribution >= 0.6 is 0 Å². The lowest BCUT2D eigenvalue weighted by Gasteiger charge is -2.50. The molecule has 3 aromatic carbocycles. The molecule has 6 saturated heterocycles. The number of benzene rings is 3. The van der Waals surface area contributed by atoms with E-state index < -0.39 is 71.7 Å². The van der Waals surface area contributed by atoms with Crippen molar-refractivity contribution in [2.75, 3.05) is 6.61 Å². The van der Waals surface area contributed by atoms with E-state index in [1.54, 1.807) is 0 Å². The monoisotopic (exact) mass is 995 g/mol. The molecule has 17 unspecified atom stereocenters. The molecular formula is C59H78O13. The van der Waals surface area contributed by atoms with E-state index in [1.807, 2.05) is 61.5 Å². The second-order valence-electron chi connectivity index (χ2n) is 22.9. The van der Waals surface area contributed by atoms with Gasteiger partial charge in [-0.2, -0.15) is 0 Å². The second kappa shape index (κ2) is 20.9. The molecule has 7 aliphatic heterocycles. The number of aliphatic hydroxyl groups is 4. The van der Waals surface area contributed by atoms with Gasteiger partial charge in [-0.05, 0) is 123 Å². The summed E-state index contributed by atoms with van der Waals surface area (Å²) in [4.78, 5) is 13.6. The van der Waals surface area contributed by atoms with Crippen LogP contribution in [0.4, 0.5) is 0 Å². The fourth-order valence-corrected chi connectivity index (χ4v) is 13.1. The fraction of sp³-hybridized carbons (Fsp3) is 0.644. The topological polar surface area (TPSA) is 172 Å². The van der Waals surface area contributed by atoms with E-state index in [2.05, 4.69) is 45.6 Å². The van der Waals surface area contributed by atoms with Crippen molar-refractivity contribution >= 4 is 27.5 Å². The number of ether oxygens (including phenoxy) is 8. The van der Waals surface area contributed by atoms with Crippen molar-refractivity contribution in [1.29, 1.82) is 0 Å². The molecule has 6 fully saturated rings. The number of aliphatic hydroxyl groups excluding tert-OH is 3. The molecule has 13 heteroatoms. The molecule has 7 aliphatic rings. The minimum Gasteiger partial charge on any atom is -0.459 e. The van der Waals surface area contributed by atoms with Gasteiger partial charge in [-0.3, -0.25) is 0 Å². The Kier molecular flexibility index (Phi) is 15.0. The van der Waals surface area contributed by atoms with Crippen LogP contribution in [0.5, 0.6) is 0 Å². The van der Waals surface area contributed by atoms with Gasteiger partial charge in [-0.1, -0.05) is 93.6 Å². The van der Waals surface area contributed by atoms with Gasteiger partial charge in [0.1, 0.15) is 31.0 Å². The van der Waals surface area contributed by atoms with Crippen LogP contribution in [-0.2, 0) is 49.3 Å². The zero-order valence-electron chi connectivity index (χ0n) is 42.9. The summed E-state index contributed by atoms with van der Waals surface area (Å²) in [6.07, 6.45) is 9.51. The van der Waals surface area contributed by atoms with Crippen LogP contribution in [0.15, 0.2) is 90.6 Å². The number of hydrogen-bond acceptors (Lipinski definition) is 13. The van der Waals surface area contributed by atoms with Crippen LogP contribution in [0.1, 0.15) is 130 Å². The molecule has 4 N–H and O–H groups in total. The molecule has 0 radical (unpaired) electrons. The van der Waals surface area contributed by atoms with Crippen LogP contribution in [0, 0.1) is 17.8 Å². The van der Waals surface area contributed by atoms with E-state index in [4.69, 9.17) is 37.9 Å². The molecule has 0 aromatic heterocycles. The summed E-state index contributed by atoms with van der Waals surface area (Å²) in [6, 6.07) is 18.1. The van der Waals surface area contributed by atoms with Gasteiger partial charge in [0.15, 0.2) is 17.2 Å². The quantitative estimate of drug-likeness (QED) is 0.0770. The molecule has 0 amide bonds. The minimum absolute atomic E-state index is 0.00145. The van der Waals surface area contributed by atoms with Gasteiger partial charge in [-0.25, -0.2) is 4.79 Å². The third-order valence-corrected chi connectivity index (χ3v) is 17.2. The van der Waals surface area contributed by atoms with E-state index in [0.29, 0.717) is 56.4 Å². The first-order valence-corrected chi connectivity index (χ1v) is 27.0. The van der Waals surface area contributed by atoms with Crippen molar-refractivity contribution < 1.29 is 63.1 Å². The van der Waals surface area contributed by atoms with Gasteiger partial charge in [0, 0.05) is 43.6 Å². The van der Waals surface area contributed by atoms with Crippen molar-refractivity contribution in [2.45, 2.75) is 215 Å². The Morgan fingerprint density at radius 3 is 2.36 bits per heavy atom. The molecule has 72 heavy (non-hydrogen) atoms. The number of hydrogen-bond donors (Lipinski definition) is 4. The maximum absolute atomic E-state index is 13.6. The average molecular weight is 995 g/mol.